The standard InChI is InChI=1S/C22H33BrN6O4S/c1-4-27(5-2)13-16(3)15-34(31,32)29-10-8-28(9-11-29)17-6-7-18(23)19(12-17)25-21(30)20-14-33-22(24)26-20/h6-7,12,14,16H,4-5,8-11,13,15H2,1-3H3,(H2,24,26)(H,25,30). The van der Waals surface area contributed by atoms with Crippen molar-refractivity contribution in [3.05, 3.63) is 34.6 Å². The van der Waals surface area contributed by atoms with Crippen LogP contribution in [0.3, 0.4) is 0 Å². The second-order valence-electron chi connectivity index (χ2n) is 8.44. The molecule has 0 bridgehead atoms. The lowest BCUT2D eigenvalue weighted by Crippen LogP contribution is -2.50. The molecule has 1 amide bonds. The van der Waals surface area contributed by atoms with E-state index in [1.165, 1.54) is 6.26 Å². The molecule has 1 saturated heterocycles. The third kappa shape index (κ3) is 6.71. The van der Waals surface area contributed by atoms with Gasteiger partial charge in [-0.05, 0) is 53.1 Å². The summed E-state index contributed by atoms with van der Waals surface area (Å²) >= 11 is 3.45. The van der Waals surface area contributed by atoms with Crippen LogP contribution in [0.5, 0.6) is 0 Å². The summed E-state index contributed by atoms with van der Waals surface area (Å²) in [6, 6.07) is 5.56. The van der Waals surface area contributed by atoms with Crippen LogP contribution in [0.1, 0.15) is 31.3 Å². The van der Waals surface area contributed by atoms with Crippen LogP contribution in [0.2, 0.25) is 0 Å². The number of nitrogens with two attached hydrogens (primary N) is 1. The average molecular weight is 558 g/mol. The number of piperazine rings is 1. The van der Waals surface area contributed by atoms with Gasteiger partial charge >= 0.3 is 0 Å². The van der Waals surface area contributed by atoms with Gasteiger partial charge in [-0.15, -0.1) is 0 Å². The molecule has 34 heavy (non-hydrogen) atoms. The molecule has 1 fully saturated rings. The van der Waals surface area contributed by atoms with E-state index in [0.717, 1.165) is 25.3 Å². The van der Waals surface area contributed by atoms with Gasteiger partial charge in [0.25, 0.3) is 11.9 Å². The highest BCUT2D eigenvalue weighted by atomic mass is 79.9. The smallest absolute Gasteiger partial charge is 0.292 e. The van der Waals surface area contributed by atoms with Crippen LogP contribution in [-0.4, -0.2) is 80.1 Å². The molecule has 0 saturated carbocycles. The highest BCUT2D eigenvalue weighted by Gasteiger charge is 2.29. The summed E-state index contributed by atoms with van der Waals surface area (Å²) in [6.45, 7) is 10.8. The number of rotatable bonds is 10. The van der Waals surface area contributed by atoms with E-state index in [9.17, 15) is 13.2 Å². The van der Waals surface area contributed by atoms with Crippen molar-refractivity contribution >= 4 is 49.2 Å². The van der Waals surface area contributed by atoms with E-state index in [1.54, 1.807) is 4.31 Å². The molecule has 1 aliphatic heterocycles. The number of hydrogen-bond donors (Lipinski definition) is 2. The maximum Gasteiger partial charge on any atom is 0.292 e. The number of benzene rings is 1. The minimum atomic E-state index is -3.32. The van der Waals surface area contributed by atoms with Crippen LogP contribution < -0.4 is 16.0 Å². The molecule has 2 aromatic rings. The molecule has 1 aromatic carbocycles. The fourth-order valence-corrected chi connectivity index (χ4v) is 6.15. The van der Waals surface area contributed by atoms with Gasteiger partial charge in [0.15, 0.2) is 5.69 Å². The monoisotopic (exact) mass is 556 g/mol. The van der Waals surface area contributed by atoms with Gasteiger partial charge < -0.3 is 25.3 Å². The second-order valence-corrected chi connectivity index (χ2v) is 11.3. The number of hydrogen-bond acceptors (Lipinski definition) is 8. The van der Waals surface area contributed by atoms with Gasteiger partial charge in [0.2, 0.25) is 10.0 Å². The molecule has 2 heterocycles. The van der Waals surface area contributed by atoms with Gasteiger partial charge in [-0.2, -0.15) is 9.29 Å². The van der Waals surface area contributed by atoms with E-state index in [2.05, 4.69) is 49.9 Å². The molecule has 0 aliphatic carbocycles. The van der Waals surface area contributed by atoms with Crippen LogP contribution in [-0.2, 0) is 10.0 Å². The highest BCUT2D eigenvalue weighted by Crippen LogP contribution is 2.29. The summed E-state index contributed by atoms with van der Waals surface area (Å²) in [4.78, 5) is 20.6. The fraction of sp³-hybridized carbons (Fsp3) is 0.545. The number of aromatic nitrogens is 1. The number of carbonyl (C=O) groups excluding carboxylic acids is 1. The van der Waals surface area contributed by atoms with Crippen molar-refractivity contribution in [1.82, 2.24) is 14.2 Å². The second kappa shape index (κ2) is 11.5. The molecule has 1 atom stereocenters. The normalized spacial score (nSPS) is 16.1. The summed E-state index contributed by atoms with van der Waals surface area (Å²) in [6.07, 6.45) is 1.20. The van der Waals surface area contributed by atoms with Crippen molar-refractivity contribution in [2.24, 2.45) is 5.92 Å². The van der Waals surface area contributed by atoms with E-state index >= 15 is 0 Å². The Morgan fingerprint density at radius 1 is 1.26 bits per heavy atom. The number of amides is 1. The zero-order valence-electron chi connectivity index (χ0n) is 19.8. The number of sulfonamides is 1. The Hall–Kier alpha value is -2.15. The van der Waals surface area contributed by atoms with Crippen molar-refractivity contribution in [1.29, 1.82) is 0 Å². The first-order valence-corrected chi connectivity index (χ1v) is 13.8. The first-order valence-electron chi connectivity index (χ1n) is 11.4. The molecular formula is C22H33BrN6O4S. The first-order chi connectivity index (χ1) is 16.1. The third-order valence-electron chi connectivity index (χ3n) is 5.91. The molecule has 12 heteroatoms. The topological polar surface area (TPSA) is 125 Å². The molecule has 10 nitrogen and oxygen atoms in total. The van der Waals surface area contributed by atoms with Crippen LogP contribution in [0, 0.1) is 5.92 Å². The predicted octanol–water partition coefficient (Wildman–Crippen LogP) is 2.70. The Balaban J connectivity index is 1.60. The predicted molar refractivity (Wildman–Crippen MR) is 138 cm³/mol. The number of carbonyl (C=O) groups is 1. The van der Waals surface area contributed by atoms with Crippen molar-refractivity contribution in [2.45, 2.75) is 20.8 Å². The number of nitrogens with one attached hydrogen (secondary N) is 1. The van der Waals surface area contributed by atoms with Gasteiger partial charge in [0, 0.05) is 42.9 Å². The van der Waals surface area contributed by atoms with Crippen molar-refractivity contribution in [2.75, 3.05) is 67.5 Å². The first kappa shape index (κ1) is 26.5. The van der Waals surface area contributed by atoms with E-state index in [1.807, 2.05) is 25.1 Å². The number of halogens is 1. The number of nitrogen functional groups attached to an aromatic ring is 1. The van der Waals surface area contributed by atoms with Gasteiger partial charge in [-0.3, -0.25) is 4.79 Å². The Kier molecular flexibility index (Phi) is 8.96. The van der Waals surface area contributed by atoms with Gasteiger partial charge in [-0.25, -0.2) is 8.42 Å². The number of oxazole rings is 1. The van der Waals surface area contributed by atoms with E-state index in [0.29, 0.717) is 36.3 Å². The highest BCUT2D eigenvalue weighted by molar-refractivity contribution is 9.10. The van der Waals surface area contributed by atoms with Crippen LogP contribution in [0.15, 0.2) is 33.4 Å². The van der Waals surface area contributed by atoms with Crippen molar-refractivity contribution in [3.8, 4) is 0 Å². The third-order valence-corrected chi connectivity index (χ3v) is 8.74. The quantitative estimate of drug-likeness (QED) is 0.457. The van der Waals surface area contributed by atoms with E-state index < -0.39 is 15.9 Å². The van der Waals surface area contributed by atoms with Crippen LogP contribution >= 0.6 is 15.9 Å². The minimum Gasteiger partial charge on any atom is -0.431 e. The molecule has 188 valence electrons. The van der Waals surface area contributed by atoms with Gasteiger partial charge in [-0.1, -0.05) is 20.8 Å². The lowest BCUT2D eigenvalue weighted by atomic mass is 10.2. The largest absolute Gasteiger partial charge is 0.431 e. The molecule has 3 rings (SSSR count). The molecule has 0 spiro atoms. The summed E-state index contributed by atoms with van der Waals surface area (Å²) in [5.41, 5.74) is 6.99. The zero-order valence-corrected chi connectivity index (χ0v) is 22.2. The summed E-state index contributed by atoms with van der Waals surface area (Å²) in [5.74, 6) is -0.210. The SMILES string of the molecule is CCN(CC)CC(C)CS(=O)(=O)N1CCN(c2ccc(Br)c(NC(=O)c3coc(N)n3)c2)CC1. The number of nitrogens with zero attached hydrogens (tertiary/aromatic N) is 4. The van der Waals surface area contributed by atoms with Crippen LogP contribution in [0.25, 0.3) is 0 Å². The Labute approximate surface area is 209 Å². The summed E-state index contributed by atoms with van der Waals surface area (Å²) < 4.78 is 33.1. The molecule has 1 aromatic heterocycles. The molecule has 1 unspecified atom stereocenters. The molecular weight excluding hydrogens is 524 g/mol. The Bertz CT molecular complexity index is 1080. The Morgan fingerprint density at radius 2 is 1.94 bits per heavy atom. The summed E-state index contributed by atoms with van der Waals surface area (Å²) in [5, 5.41) is 2.80. The molecule has 1 aliphatic rings. The van der Waals surface area contributed by atoms with Gasteiger partial charge in [0.05, 0.1) is 11.4 Å². The minimum absolute atomic E-state index is 0.0700. The Morgan fingerprint density at radius 3 is 2.53 bits per heavy atom. The summed E-state index contributed by atoms with van der Waals surface area (Å²) in [7, 11) is -3.32. The van der Waals surface area contributed by atoms with E-state index in [-0.39, 0.29) is 23.4 Å². The fourth-order valence-electron chi connectivity index (χ4n) is 4.05. The lowest BCUT2D eigenvalue weighted by molar-refractivity contribution is 0.102. The van der Waals surface area contributed by atoms with Crippen molar-refractivity contribution in [3.63, 3.8) is 0 Å². The number of anilines is 3. The molecule has 3 N–H and O–H groups in total. The molecule has 0 radical (unpaired) electrons. The van der Waals surface area contributed by atoms with E-state index in [4.69, 9.17) is 10.2 Å². The van der Waals surface area contributed by atoms with Crippen molar-refractivity contribution < 1.29 is 17.6 Å². The average Bonchev–Trinajstić information content (AvgIpc) is 3.25. The van der Waals surface area contributed by atoms with Crippen LogP contribution in [0.4, 0.5) is 17.4 Å². The lowest BCUT2D eigenvalue weighted by Gasteiger charge is -2.36. The zero-order chi connectivity index (χ0) is 24.9. The maximum atomic E-state index is 13.0. The maximum absolute atomic E-state index is 13.0. The van der Waals surface area contributed by atoms with Gasteiger partial charge in [0.1, 0.15) is 6.26 Å².